The van der Waals surface area contributed by atoms with Crippen LogP contribution in [-0.4, -0.2) is 9.97 Å². The zero-order valence-corrected chi connectivity index (χ0v) is 12.4. The van der Waals surface area contributed by atoms with Gasteiger partial charge in [-0.05, 0) is 32.0 Å². The maximum atomic E-state index is 6.04. The Morgan fingerprint density at radius 2 is 1.94 bits per heavy atom. The van der Waals surface area contributed by atoms with Crippen molar-refractivity contribution in [2.24, 2.45) is 0 Å². The van der Waals surface area contributed by atoms with Gasteiger partial charge >= 0.3 is 0 Å². The highest BCUT2D eigenvalue weighted by atomic mass is 35.5. The summed E-state index contributed by atoms with van der Waals surface area (Å²) in [5.41, 5.74) is 1.87. The van der Waals surface area contributed by atoms with E-state index in [1.54, 1.807) is 11.8 Å². The van der Waals surface area contributed by atoms with Gasteiger partial charge in [0.2, 0.25) is 0 Å². The Bertz CT molecular complexity index is 550. The molecule has 2 aromatic rings. The van der Waals surface area contributed by atoms with E-state index in [0.717, 1.165) is 27.0 Å². The first-order chi connectivity index (χ1) is 8.56. The van der Waals surface area contributed by atoms with Crippen LogP contribution >= 0.6 is 35.0 Å². The summed E-state index contributed by atoms with van der Waals surface area (Å²) in [6, 6.07) is 7.72. The van der Waals surface area contributed by atoms with Crippen molar-refractivity contribution in [2.75, 3.05) is 0 Å². The third kappa shape index (κ3) is 3.37. The highest BCUT2D eigenvalue weighted by molar-refractivity contribution is 7.98. The number of aromatic nitrogens is 2. The molecule has 0 aliphatic rings. The number of aryl methyl sites for hydroxylation is 1. The van der Waals surface area contributed by atoms with Crippen LogP contribution in [0.15, 0.2) is 29.2 Å². The topological polar surface area (TPSA) is 25.8 Å². The van der Waals surface area contributed by atoms with Crippen LogP contribution in [0.25, 0.3) is 0 Å². The molecule has 0 saturated heterocycles. The molecule has 1 heterocycles. The van der Waals surface area contributed by atoms with E-state index in [1.165, 1.54) is 0 Å². The summed E-state index contributed by atoms with van der Waals surface area (Å²) in [4.78, 5) is 9.79. The Morgan fingerprint density at radius 3 is 2.61 bits per heavy atom. The molecule has 0 N–H and O–H groups in total. The Balaban J connectivity index is 2.11. The normalized spacial score (nSPS) is 10.7. The molecule has 0 saturated carbocycles. The lowest BCUT2D eigenvalue weighted by molar-refractivity contribution is 0.973. The highest BCUT2D eigenvalue weighted by Gasteiger charge is 2.06. The van der Waals surface area contributed by atoms with Gasteiger partial charge in [-0.1, -0.05) is 29.3 Å². The molecule has 5 heteroatoms. The molecule has 0 bridgehead atoms. The molecular weight excluding hydrogens is 287 g/mol. The first-order valence-electron chi connectivity index (χ1n) is 5.44. The summed E-state index contributed by atoms with van der Waals surface area (Å²) in [6.07, 6.45) is 0. The first-order valence-corrected chi connectivity index (χ1v) is 7.18. The Morgan fingerprint density at radius 1 is 1.17 bits per heavy atom. The van der Waals surface area contributed by atoms with Crippen molar-refractivity contribution in [1.82, 2.24) is 9.97 Å². The third-order valence-electron chi connectivity index (χ3n) is 2.54. The van der Waals surface area contributed by atoms with E-state index in [0.29, 0.717) is 10.9 Å². The molecule has 1 aromatic heterocycles. The Hall–Kier alpha value is -0.770. The van der Waals surface area contributed by atoms with Gasteiger partial charge in [-0.3, -0.25) is 0 Å². The molecule has 2 rings (SSSR count). The fourth-order valence-corrected chi connectivity index (χ4v) is 2.72. The second-order valence-corrected chi connectivity index (χ2v) is 5.73. The van der Waals surface area contributed by atoms with Crippen molar-refractivity contribution in [3.63, 3.8) is 0 Å². The van der Waals surface area contributed by atoms with Gasteiger partial charge < -0.3 is 0 Å². The van der Waals surface area contributed by atoms with Crippen molar-refractivity contribution in [3.8, 4) is 0 Å². The number of nitrogens with zero attached hydrogens (tertiary/aromatic N) is 2. The minimum atomic E-state index is 0.532. The van der Waals surface area contributed by atoms with Gasteiger partial charge in [0, 0.05) is 21.2 Å². The summed E-state index contributed by atoms with van der Waals surface area (Å²) >= 11 is 13.6. The second-order valence-electron chi connectivity index (χ2n) is 3.89. The summed E-state index contributed by atoms with van der Waals surface area (Å²) in [7, 11) is 0. The molecule has 0 aliphatic heterocycles. The molecule has 0 amide bonds. The lowest BCUT2D eigenvalue weighted by Gasteiger charge is -2.06. The number of hydrogen-bond donors (Lipinski definition) is 0. The Kier molecular flexibility index (Phi) is 4.49. The first kappa shape index (κ1) is 13.7. The number of rotatable bonds is 3. The van der Waals surface area contributed by atoms with Crippen LogP contribution in [0.3, 0.4) is 0 Å². The fourth-order valence-electron chi connectivity index (χ4n) is 1.42. The van der Waals surface area contributed by atoms with Crippen molar-refractivity contribution >= 4 is 35.0 Å². The molecule has 0 fully saturated rings. The maximum absolute atomic E-state index is 6.04. The molecule has 2 nitrogen and oxygen atoms in total. The van der Waals surface area contributed by atoms with E-state index in [1.807, 2.05) is 38.1 Å². The zero-order valence-electron chi connectivity index (χ0n) is 10.1. The van der Waals surface area contributed by atoms with Gasteiger partial charge in [0.15, 0.2) is 0 Å². The molecule has 0 atom stereocenters. The van der Waals surface area contributed by atoms with Crippen LogP contribution in [0.4, 0.5) is 0 Å². The van der Waals surface area contributed by atoms with Gasteiger partial charge in [0.25, 0.3) is 0 Å². The van der Waals surface area contributed by atoms with Crippen LogP contribution in [-0.2, 0) is 5.75 Å². The van der Waals surface area contributed by atoms with Crippen LogP contribution in [0.5, 0.6) is 0 Å². The van der Waals surface area contributed by atoms with Gasteiger partial charge in [-0.2, -0.15) is 0 Å². The fraction of sp³-hybridized carbons (Fsp3) is 0.231. The highest BCUT2D eigenvalue weighted by Crippen LogP contribution is 2.25. The van der Waals surface area contributed by atoms with Crippen molar-refractivity contribution in [3.05, 3.63) is 51.5 Å². The lowest BCUT2D eigenvalue weighted by Crippen LogP contribution is -1.99. The lowest BCUT2D eigenvalue weighted by atomic mass is 10.3. The smallest absolute Gasteiger partial charge is 0.140 e. The quantitative estimate of drug-likeness (QED) is 0.607. The van der Waals surface area contributed by atoms with E-state index in [9.17, 15) is 0 Å². The van der Waals surface area contributed by atoms with E-state index < -0.39 is 0 Å². The largest absolute Gasteiger partial charge is 0.237 e. The second kappa shape index (κ2) is 5.91. The molecule has 0 radical (unpaired) electrons. The SMILES string of the molecule is Cc1nc(CSc2cccc(Cl)c2)nc(Cl)c1C. The number of thioether (sulfide) groups is 1. The van der Waals surface area contributed by atoms with Crippen LogP contribution in [0.2, 0.25) is 10.2 Å². The van der Waals surface area contributed by atoms with Crippen molar-refractivity contribution < 1.29 is 0 Å². The molecule has 18 heavy (non-hydrogen) atoms. The maximum Gasteiger partial charge on any atom is 0.140 e. The number of hydrogen-bond acceptors (Lipinski definition) is 3. The summed E-state index contributed by atoms with van der Waals surface area (Å²) in [5.74, 6) is 1.43. The number of benzene rings is 1. The van der Waals surface area contributed by atoms with Gasteiger partial charge in [0.1, 0.15) is 11.0 Å². The average Bonchev–Trinajstić information content (AvgIpc) is 2.33. The minimum Gasteiger partial charge on any atom is -0.237 e. The zero-order chi connectivity index (χ0) is 13.1. The summed E-state index contributed by atoms with van der Waals surface area (Å²) in [5, 5.41) is 1.27. The minimum absolute atomic E-state index is 0.532. The van der Waals surface area contributed by atoms with E-state index >= 15 is 0 Å². The monoisotopic (exact) mass is 298 g/mol. The molecule has 0 spiro atoms. The third-order valence-corrected chi connectivity index (χ3v) is 4.13. The molecule has 94 valence electrons. The van der Waals surface area contributed by atoms with E-state index in [-0.39, 0.29) is 0 Å². The van der Waals surface area contributed by atoms with Gasteiger partial charge in [0.05, 0.1) is 5.75 Å². The molecule has 1 aromatic carbocycles. The molecule has 0 unspecified atom stereocenters. The predicted molar refractivity (Wildman–Crippen MR) is 77.5 cm³/mol. The van der Waals surface area contributed by atoms with E-state index in [2.05, 4.69) is 9.97 Å². The van der Waals surface area contributed by atoms with Crippen molar-refractivity contribution in [1.29, 1.82) is 0 Å². The number of halogens is 2. The van der Waals surface area contributed by atoms with Gasteiger partial charge in [-0.25, -0.2) is 9.97 Å². The standard InChI is InChI=1S/C13H12Cl2N2S/c1-8-9(2)16-12(17-13(8)15)7-18-11-5-3-4-10(14)6-11/h3-6H,7H2,1-2H3. The van der Waals surface area contributed by atoms with Gasteiger partial charge in [-0.15, -0.1) is 11.8 Å². The average molecular weight is 299 g/mol. The predicted octanol–water partition coefficient (Wildman–Crippen LogP) is 4.69. The molecular formula is C13H12Cl2N2S. The van der Waals surface area contributed by atoms with Crippen LogP contribution in [0.1, 0.15) is 17.1 Å². The van der Waals surface area contributed by atoms with E-state index in [4.69, 9.17) is 23.2 Å². The van der Waals surface area contributed by atoms with Crippen LogP contribution in [0, 0.1) is 13.8 Å². The van der Waals surface area contributed by atoms with Crippen LogP contribution < -0.4 is 0 Å². The van der Waals surface area contributed by atoms with Crippen molar-refractivity contribution in [2.45, 2.75) is 24.5 Å². The summed E-state index contributed by atoms with van der Waals surface area (Å²) < 4.78 is 0. The molecule has 0 aliphatic carbocycles. The summed E-state index contributed by atoms with van der Waals surface area (Å²) in [6.45, 7) is 3.86. The Labute approximate surface area is 121 Å².